The van der Waals surface area contributed by atoms with E-state index in [2.05, 4.69) is 5.32 Å². The number of amides is 1. The van der Waals surface area contributed by atoms with Gasteiger partial charge in [-0.2, -0.15) is 0 Å². The lowest BCUT2D eigenvalue weighted by Gasteiger charge is -2.14. The first kappa shape index (κ1) is 18.5. The minimum Gasteiger partial charge on any atom is -0.449 e. The summed E-state index contributed by atoms with van der Waals surface area (Å²) >= 11 is 17.5. The van der Waals surface area contributed by atoms with Gasteiger partial charge in [-0.1, -0.05) is 34.8 Å². The molecule has 0 aromatic heterocycles. The van der Waals surface area contributed by atoms with Gasteiger partial charge in [-0.05, 0) is 43.3 Å². The molecule has 0 saturated carbocycles. The van der Waals surface area contributed by atoms with Crippen LogP contribution in [0.5, 0.6) is 0 Å². The van der Waals surface area contributed by atoms with Crippen LogP contribution in [0.2, 0.25) is 15.1 Å². The second kappa shape index (κ2) is 7.83. The molecule has 4 nitrogen and oxygen atoms in total. The molecule has 2 aromatic rings. The SMILES string of the molecule is C[C@@H](OC(=O)c1ccc(Cl)cc1Cl)C(=O)Nc1ccc(F)cc1Cl. The molecule has 0 aliphatic rings. The molecule has 24 heavy (non-hydrogen) atoms. The standard InChI is InChI=1S/C16H11Cl3FNO3/c1-8(15(22)21-14-5-3-10(20)7-13(14)19)24-16(23)11-4-2-9(17)6-12(11)18/h2-8H,1H3,(H,21,22)/t8-/m1/s1. The molecular weight excluding hydrogens is 380 g/mol. The zero-order chi connectivity index (χ0) is 17.9. The number of nitrogens with one attached hydrogen (secondary N) is 1. The number of hydrogen-bond donors (Lipinski definition) is 1. The summed E-state index contributed by atoms with van der Waals surface area (Å²) in [5.41, 5.74) is 0.288. The average Bonchev–Trinajstić information content (AvgIpc) is 2.49. The highest BCUT2D eigenvalue weighted by Crippen LogP contribution is 2.24. The van der Waals surface area contributed by atoms with Crippen LogP contribution >= 0.6 is 34.8 Å². The summed E-state index contributed by atoms with van der Waals surface area (Å²) in [7, 11) is 0. The summed E-state index contributed by atoms with van der Waals surface area (Å²) in [6.45, 7) is 1.38. The Hall–Kier alpha value is -1.82. The number of esters is 1. The third-order valence-electron chi connectivity index (χ3n) is 2.99. The van der Waals surface area contributed by atoms with E-state index in [1.54, 1.807) is 0 Å². The van der Waals surface area contributed by atoms with Crippen molar-refractivity contribution < 1.29 is 18.7 Å². The van der Waals surface area contributed by atoms with Crippen molar-refractivity contribution in [2.24, 2.45) is 0 Å². The van der Waals surface area contributed by atoms with Gasteiger partial charge in [0.05, 0.1) is 21.3 Å². The molecule has 8 heteroatoms. The zero-order valence-electron chi connectivity index (χ0n) is 12.3. The van der Waals surface area contributed by atoms with Crippen LogP contribution in [-0.2, 0) is 9.53 Å². The van der Waals surface area contributed by atoms with Gasteiger partial charge in [0, 0.05) is 5.02 Å². The second-order valence-corrected chi connectivity index (χ2v) is 6.04. The smallest absolute Gasteiger partial charge is 0.340 e. The predicted molar refractivity (Wildman–Crippen MR) is 91.4 cm³/mol. The molecule has 0 heterocycles. The first-order valence-electron chi connectivity index (χ1n) is 6.70. The van der Waals surface area contributed by atoms with Crippen LogP contribution < -0.4 is 5.32 Å². The molecular formula is C16H11Cl3FNO3. The van der Waals surface area contributed by atoms with E-state index in [0.29, 0.717) is 5.02 Å². The van der Waals surface area contributed by atoms with Gasteiger partial charge in [0.15, 0.2) is 6.10 Å². The monoisotopic (exact) mass is 389 g/mol. The fourth-order valence-electron chi connectivity index (χ4n) is 1.76. The van der Waals surface area contributed by atoms with Crippen molar-refractivity contribution in [3.8, 4) is 0 Å². The van der Waals surface area contributed by atoms with Gasteiger partial charge >= 0.3 is 5.97 Å². The molecule has 1 N–H and O–H groups in total. The lowest BCUT2D eigenvalue weighted by atomic mass is 10.2. The van der Waals surface area contributed by atoms with Crippen LogP contribution in [0.3, 0.4) is 0 Å². The van der Waals surface area contributed by atoms with Crippen LogP contribution in [-0.4, -0.2) is 18.0 Å². The van der Waals surface area contributed by atoms with Crippen molar-refractivity contribution in [2.45, 2.75) is 13.0 Å². The van der Waals surface area contributed by atoms with E-state index in [1.165, 1.54) is 31.2 Å². The number of ether oxygens (including phenoxy) is 1. The van der Waals surface area contributed by atoms with Gasteiger partial charge in [0.25, 0.3) is 5.91 Å². The number of rotatable bonds is 4. The van der Waals surface area contributed by atoms with Crippen LogP contribution in [0, 0.1) is 5.82 Å². The van der Waals surface area contributed by atoms with Gasteiger partial charge in [0.1, 0.15) is 5.82 Å². The Morgan fingerprint density at radius 1 is 1.08 bits per heavy atom. The summed E-state index contributed by atoms with van der Waals surface area (Å²) in [6, 6.07) is 7.78. The largest absolute Gasteiger partial charge is 0.449 e. The predicted octanol–water partition coefficient (Wildman–Crippen LogP) is 4.97. The molecule has 126 valence electrons. The molecule has 0 bridgehead atoms. The first-order valence-corrected chi connectivity index (χ1v) is 7.83. The molecule has 1 amide bonds. The van der Waals surface area contributed by atoms with Crippen LogP contribution in [0.15, 0.2) is 36.4 Å². The molecule has 0 unspecified atom stereocenters. The van der Waals surface area contributed by atoms with E-state index >= 15 is 0 Å². The van der Waals surface area contributed by atoms with Gasteiger partial charge < -0.3 is 10.1 Å². The maximum absolute atomic E-state index is 13.0. The van der Waals surface area contributed by atoms with E-state index < -0.39 is 23.8 Å². The Morgan fingerprint density at radius 3 is 2.42 bits per heavy atom. The molecule has 1 atom stereocenters. The van der Waals surface area contributed by atoms with Crippen molar-refractivity contribution in [1.29, 1.82) is 0 Å². The number of halogens is 4. The van der Waals surface area contributed by atoms with Gasteiger partial charge in [-0.15, -0.1) is 0 Å². The van der Waals surface area contributed by atoms with Crippen molar-refractivity contribution in [2.75, 3.05) is 5.32 Å². The summed E-state index contributed by atoms with van der Waals surface area (Å²) < 4.78 is 18.0. The summed E-state index contributed by atoms with van der Waals surface area (Å²) in [5, 5.41) is 2.96. The highest BCUT2D eigenvalue weighted by Gasteiger charge is 2.21. The van der Waals surface area contributed by atoms with E-state index in [9.17, 15) is 14.0 Å². The molecule has 0 aliphatic carbocycles. The topological polar surface area (TPSA) is 55.4 Å². The van der Waals surface area contributed by atoms with E-state index in [1.807, 2.05) is 0 Å². The van der Waals surface area contributed by atoms with Gasteiger partial charge in [-0.25, -0.2) is 9.18 Å². The Balaban J connectivity index is 2.04. The number of hydrogen-bond acceptors (Lipinski definition) is 3. The third kappa shape index (κ3) is 4.60. The van der Waals surface area contributed by atoms with Crippen LogP contribution in [0.1, 0.15) is 17.3 Å². The van der Waals surface area contributed by atoms with E-state index in [-0.39, 0.29) is 21.3 Å². The maximum Gasteiger partial charge on any atom is 0.340 e. The van der Waals surface area contributed by atoms with Crippen molar-refractivity contribution in [3.63, 3.8) is 0 Å². The lowest BCUT2D eigenvalue weighted by molar-refractivity contribution is -0.123. The summed E-state index contributed by atoms with van der Waals surface area (Å²) in [4.78, 5) is 24.1. The van der Waals surface area contributed by atoms with Crippen molar-refractivity contribution in [1.82, 2.24) is 0 Å². The van der Waals surface area contributed by atoms with Crippen LogP contribution in [0.25, 0.3) is 0 Å². The molecule has 0 spiro atoms. The first-order chi connectivity index (χ1) is 11.3. The Morgan fingerprint density at radius 2 is 1.79 bits per heavy atom. The number of carbonyl (C=O) groups is 2. The van der Waals surface area contributed by atoms with Gasteiger partial charge in [0.2, 0.25) is 0 Å². The normalized spacial score (nSPS) is 11.7. The third-order valence-corrected chi connectivity index (χ3v) is 3.85. The maximum atomic E-state index is 13.0. The van der Waals surface area contributed by atoms with E-state index in [0.717, 1.165) is 12.1 Å². The quantitative estimate of drug-likeness (QED) is 0.750. The number of anilines is 1. The van der Waals surface area contributed by atoms with Gasteiger partial charge in [-0.3, -0.25) is 4.79 Å². The highest BCUT2D eigenvalue weighted by atomic mass is 35.5. The molecule has 0 saturated heterocycles. The molecule has 0 radical (unpaired) electrons. The van der Waals surface area contributed by atoms with Crippen molar-refractivity contribution in [3.05, 3.63) is 62.8 Å². The minimum absolute atomic E-state index is 0.0302. The van der Waals surface area contributed by atoms with Crippen LogP contribution in [0.4, 0.5) is 10.1 Å². The Kier molecular flexibility index (Phi) is 6.04. The lowest BCUT2D eigenvalue weighted by Crippen LogP contribution is -2.30. The van der Waals surface area contributed by atoms with E-state index in [4.69, 9.17) is 39.5 Å². The molecule has 2 rings (SSSR count). The molecule has 0 fully saturated rings. The Bertz CT molecular complexity index is 798. The summed E-state index contributed by atoms with van der Waals surface area (Å²) in [6.07, 6.45) is -1.12. The highest BCUT2D eigenvalue weighted by molar-refractivity contribution is 6.36. The fourth-order valence-corrected chi connectivity index (χ4v) is 2.46. The van der Waals surface area contributed by atoms with Crippen molar-refractivity contribution >= 4 is 52.4 Å². The fraction of sp³-hybridized carbons (Fsp3) is 0.125. The Labute approximate surface area is 152 Å². The minimum atomic E-state index is -1.12. The number of carbonyl (C=O) groups excluding carboxylic acids is 2. The summed E-state index contributed by atoms with van der Waals surface area (Å²) in [5.74, 6) is -1.93. The molecule has 0 aliphatic heterocycles. The molecule has 2 aromatic carbocycles. The zero-order valence-corrected chi connectivity index (χ0v) is 14.5. The average molecular weight is 391 g/mol. The second-order valence-electron chi connectivity index (χ2n) is 4.79. The number of benzene rings is 2.